The van der Waals surface area contributed by atoms with Gasteiger partial charge in [-0.25, -0.2) is 0 Å². The highest BCUT2D eigenvalue weighted by Gasteiger charge is 2.26. The van der Waals surface area contributed by atoms with Crippen molar-refractivity contribution in [3.05, 3.63) is 53.6 Å². The Balaban J connectivity index is 1.49. The van der Waals surface area contributed by atoms with Gasteiger partial charge in [0.15, 0.2) is 12.3 Å². The lowest BCUT2D eigenvalue weighted by Crippen LogP contribution is -2.26. The highest BCUT2D eigenvalue weighted by molar-refractivity contribution is 6.00. The molecule has 0 saturated carbocycles. The number of likely N-dealkylation sites (N-methyl/N-ethyl adjacent to an activating group) is 1. The number of fused-ring (bicyclic) bond motifs is 1. The monoisotopic (exact) mass is 485 g/mol. The number of carbonyl (C=O) groups is 1. The molecule has 2 aliphatic heterocycles. The smallest absolute Gasteiger partial charge is 0.328 e. The van der Waals surface area contributed by atoms with Crippen molar-refractivity contribution in [2.75, 3.05) is 51.1 Å². The average Bonchev–Trinajstić information content (AvgIpc) is 3.30. The summed E-state index contributed by atoms with van der Waals surface area (Å²) in [6, 6.07) is 14.6. The first-order chi connectivity index (χ1) is 17.4. The van der Waals surface area contributed by atoms with E-state index in [9.17, 15) is 10.1 Å². The van der Waals surface area contributed by atoms with Gasteiger partial charge in [-0.2, -0.15) is 15.2 Å². The molecule has 0 saturated heterocycles. The van der Waals surface area contributed by atoms with Gasteiger partial charge in [-0.3, -0.25) is 9.79 Å². The molecule has 2 aromatic carbocycles. The van der Waals surface area contributed by atoms with E-state index in [-0.39, 0.29) is 36.0 Å². The molecular weight excluding hydrogens is 462 g/mol. The van der Waals surface area contributed by atoms with Gasteiger partial charge in [0, 0.05) is 39.3 Å². The zero-order valence-corrected chi connectivity index (χ0v) is 20.0. The molecule has 0 aliphatic carbocycles. The molecule has 0 bridgehead atoms. The van der Waals surface area contributed by atoms with Gasteiger partial charge in [-0.1, -0.05) is 12.1 Å². The van der Waals surface area contributed by atoms with E-state index in [0.29, 0.717) is 22.7 Å². The van der Waals surface area contributed by atoms with Crippen LogP contribution in [0.4, 0.5) is 11.4 Å². The van der Waals surface area contributed by atoms with E-state index in [4.69, 9.17) is 14.2 Å². The number of aliphatic imine (C=N–C) groups is 1. The maximum atomic E-state index is 12.0. The molecule has 1 amide bonds. The number of carbonyl (C=O) groups excluding carboxylic acids is 1. The predicted octanol–water partition coefficient (Wildman–Crippen LogP) is 3.02. The fourth-order valence-electron chi connectivity index (χ4n) is 3.84. The average molecular weight is 486 g/mol. The Morgan fingerprint density at radius 3 is 2.72 bits per heavy atom. The van der Waals surface area contributed by atoms with Crippen LogP contribution in [-0.4, -0.2) is 67.5 Å². The van der Waals surface area contributed by atoms with E-state index >= 15 is 0 Å². The second-order valence-electron chi connectivity index (χ2n) is 8.37. The van der Waals surface area contributed by atoms with E-state index in [1.807, 2.05) is 39.3 Å². The van der Waals surface area contributed by atoms with E-state index in [2.05, 4.69) is 31.2 Å². The van der Waals surface area contributed by atoms with Gasteiger partial charge in [0.25, 0.3) is 11.8 Å². The number of aromatic nitrogens is 2. The lowest BCUT2D eigenvalue weighted by Gasteiger charge is -2.20. The number of hydrogen-bond acceptors (Lipinski definition) is 10. The standard InChI is InChI=1S/C25H23N7O4/c1-31(2)19-12-18(8-7-16(19)13-26)35-24-21-23(34-14-20(33)28-21)29-25(30-24)36-17-6-4-5-15(11-17)22-27-9-10-32(22)3/h4-8,11-12H,9-10,14H2,1-3H3,(H,28,33). The Labute approximate surface area is 207 Å². The molecule has 0 spiro atoms. The lowest BCUT2D eigenvalue weighted by molar-refractivity contribution is -0.118. The third-order valence-corrected chi connectivity index (χ3v) is 5.57. The van der Waals surface area contributed by atoms with Crippen LogP contribution in [0.15, 0.2) is 47.5 Å². The lowest BCUT2D eigenvalue weighted by atomic mass is 10.2. The van der Waals surface area contributed by atoms with Crippen molar-refractivity contribution in [3.8, 4) is 35.3 Å². The topological polar surface area (TPSA) is 125 Å². The van der Waals surface area contributed by atoms with E-state index in [0.717, 1.165) is 24.5 Å². The van der Waals surface area contributed by atoms with Crippen molar-refractivity contribution in [2.24, 2.45) is 4.99 Å². The van der Waals surface area contributed by atoms with Crippen LogP contribution in [0.3, 0.4) is 0 Å². The molecule has 5 rings (SSSR count). The normalized spacial score (nSPS) is 14.2. The van der Waals surface area contributed by atoms with Crippen molar-refractivity contribution in [1.29, 1.82) is 5.26 Å². The van der Waals surface area contributed by atoms with Crippen LogP contribution in [0.1, 0.15) is 11.1 Å². The Morgan fingerprint density at radius 1 is 1.14 bits per heavy atom. The summed E-state index contributed by atoms with van der Waals surface area (Å²) in [7, 11) is 5.65. The number of amides is 1. The number of amidine groups is 1. The Hall–Kier alpha value is -4.85. The van der Waals surface area contributed by atoms with Gasteiger partial charge in [-0.05, 0) is 24.3 Å². The summed E-state index contributed by atoms with van der Waals surface area (Å²) >= 11 is 0. The molecule has 0 radical (unpaired) electrons. The van der Waals surface area contributed by atoms with Gasteiger partial charge < -0.3 is 29.3 Å². The highest BCUT2D eigenvalue weighted by Crippen LogP contribution is 2.39. The first kappa shape index (κ1) is 22.9. The molecule has 3 aromatic rings. The van der Waals surface area contributed by atoms with Gasteiger partial charge in [0.2, 0.25) is 5.88 Å². The van der Waals surface area contributed by atoms with Crippen molar-refractivity contribution in [3.63, 3.8) is 0 Å². The number of nitriles is 1. The molecule has 0 atom stereocenters. The number of hydrogen-bond donors (Lipinski definition) is 1. The number of anilines is 2. The summed E-state index contributed by atoms with van der Waals surface area (Å²) in [6.45, 7) is 1.43. The number of nitrogens with zero attached hydrogens (tertiary/aromatic N) is 6. The Morgan fingerprint density at radius 2 is 1.97 bits per heavy atom. The minimum Gasteiger partial charge on any atom is -0.466 e. The van der Waals surface area contributed by atoms with Crippen molar-refractivity contribution in [1.82, 2.24) is 14.9 Å². The SMILES string of the molecule is CN1CCN=C1c1cccc(Oc2nc3c(c(Oc4ccc(C#N)c(N(C)C)c4)n2)NC(=O)CO3)c1. The van der Waals surface area contributed by atoms with Crippen LogP contribution < -0.4 is 24.4 Å². The minimum atomic E-state index is -0.354. The van der Waals surface area contributed by atoms with Crippen LogP contribution in [0, 0.1) is 11.3 Å². The minimum absolute atomic E-state index is 0.0137. The summed E-state index contributed by atoms with van der Waals surface area (Å²) in [5, 5.41) is 12.1. The second kappa shape index (κ2) is 9.42. The number of ether oxygens (including phenoxy) is 3. The zero-order chi connectivity index (χ0) is 25.2. The van der Waals surface area contributed by atoms with Crippen LogP contribution in [0.2, 0.25) is 0 Å². The maximum absolute atomic E-state index is 12.0. The zero-order valence-electron chi connectivity index (χ0n) is 20.0. The van der Waals surface area contributed by atoms with E-state index in [1.54, 1.807) is 29.2 Å². The van der Waals surface area contributed by atoms with Gasteiger partial charge >= 0.3 is 6.01 Å². The van der Waals surface area contributed by atoms with Crippen molar-refractivity contribution < 1.29 is 19.0 Å². The summed E-state index contributed by atoms with van der Waals surface area (Å²) < 4.78 is 17.5. The maximum Gasteiger partial charge on any atom is 0.328 e. The van der Waals surface area contributed by atoms with Crippen LogP contribution >= 0.6 is 0 Å². The first-order valence-corrected chi connectivity index (χ1v) is 11.2. The number of rotatable bonds is 6. The molecule has 182 valence electrons. The molecule has 0 unspecified atom stereocenters. The van der Waals surface area contributed by atoms with Crippen LogP contribution in [0.5, 0.6) is 29.3 Å². The van der Waals surface area contributed by atoms with E-state index < -0.39 is 0 Å². The van der Waals surface area contributed by atoms with Crippen LogP contribution in [0.25, 0.3) is 0 Å². The van der Waals surface area contributed by atoms with Crippen molar-refractivity contribution >= 4 is 23.1 Å². The third kappa shape index (κ3) is 4.56. The summed E-state index contributed by atoms with van der Waals surface area (Å²) in [5.41, 5.74) is 2.28. The molecule has 1 N–H and O–H groups in total. The third-order valence-electron chi connectivity index (χ3n) is 5.57. The van der Waals surface area contributed by atoms with E-state index in [1.165, 1.54) is 0 Å². The molecule has 11 nitrogen and oxygen atoms in total. The van der Waals surface area contributed by atoms with Gasteiger partial charge in [0.1, 0.15) is 23.4 Å². The van der Waals surface area contributed by atoms with Crippen molar-refractivity contribution in [2.45, 2.75) is 0 Å². The summed E-state index contributed by atoms with van der Waals surface area (Å²) in [4.78, 5) is 29.1. The highest BCUT2D eigenvalue weighted by atomic mass is 16.5. The number of benzene rings is 2. The Bertz CT molecular complexity index is 1410. The summed E-state index contributed by atoms with van der Waals surface area (Å²) in [5.74, 6) is 1.63. The van der Waals surface area contributed by atoms with Gasteiger partial charge in [0.05, 0.1) is 17.8 Å². The largest absolute Gasteiger partial charge is 0.466 e. The first-order valence-electron chi connectivity index (χ1n) is 11.2. The predicted molar refractivity (Wildman–Crippen MR) is 132 cm³/mol. The molecular formula is C25H23N7O4. The Kier molecular flexibility index (Phi) is 6.00. The molecule has 11 heteroatoms. The molecule has 3 heterocycles. The quantitative estimate of drug-likeness (QED) is 0.561. The van der Waals surface area contributed by atoms with Crippen LogP contribution in [-0.2, 0) is 4.79 Å². The number of nitrogens with one attached hydrogen (secondary N) is 1. The fraction of sp³-hybridized carbons (Fsp3) is 0.240. The second-order valence-corrected chi connectivity index (χ2v) is 8.37. The van der Waals surface area contributed by atoms with Gasteiger partial charge in [-0.15, -0.1) is 0 Å². The molecule has 2 aliphatic rings. The molecule has 0 fully saturated rings. The fourth-order valence-corrected chi connectivity index (χ4v) is 3.84. The molecule has 1 aromatic heterocycles. The summed E-state index contributed by atoms with van der Waals surface area (Å²) in [6.07, 6.45) is 0. The molecule has 36 heavy (non-hydrogen) atoms.